The lowest BCUT2D eigenvalue weighted by Gasteiger charge is -2.05. The summed E-state index contributed by atoms with van der Waals surface area (Å²) >= 11 is 0. The van der Waals surface area contributed by atoms with Crippen LogP contribution >= 0.6 is 0 Å². The molecule has 4 nitrogen and oxygen atoms in total. The molecule has 4 heteroatoms. The molecule has 0 aliphatic rings. The molecule has 0 fully saturated rings. The van der Waals surface area contributed by atoms with Crippen LogP contribution in [0.2, 0.25) is 0 Å². The zero-order chi connectivity index (χ0) is 10.2. The summed E-state index contributed by atoms with van der Waals surface area (Å²) in [7, 11) is 0. The summed E-state index contributed by atoms with van der Waals surface area (Å²) in [4.78, 5) is 0. The molecule has 14 heavy (non-hydrogen) atoms. The van der Waals surface area contributed by atoms with Crippen molar-refractivity contribution in [1.29, 1.82) is 0 Å². The minimum absolute atomic E-state index is 0.842. The van der Waals surface area contributed by atoms with Crippen LogP contribution in [-0.4, -0.2) is 29.8 Å². The molecule has 2 N–H and O–H groups in total. The highest BCUT2D eigenvalue weighted by Gasteiger charge is 1.92. The fourth-order valence-electron chi connectivity index (χ4n) is 1.07. The van der Waals surface area contributed by atoms with Crippen LogP contribution in [0.3, 0.4) is 0 Å². The van der Waals surface area contributed by atoms with Crippen molar-refractivity contribution in [3.05, 3.63) is 17.8 Å². The molecule has 0 aliphatic carbocycles. The van der Waals surface area contributed by atoms with E-state index in [1.165, 1.54) is 6.42 Å². The molecule has 0 unspecified atom stereocenters. The van der Waals surface area contributed by atoms with E-state index < -0.39 is 0 Å². The minimum atomic E-state index is 0.842. The summed E-state index contributed by atoms with van der Waals surface area (Å²) in [6.45, 7) is 7.01. The maximum Gasteiger partial charge on any atom is 0.148 e. The Bertz CT molecular complexity index is 245. The minimum Gasteiger partial charge on any atom is -0.367 e. The van der Waals surface area contributed by atoms with Gasteiger partial charge in [0.15, 0.2) is 0 Å². The Kier molecular flexibility index (Phi) is 4.93. The monoisotopic (exact) mass is 194 g/mol. The van der Waals surface area contributed by atoms with E-state index in [4.69, 9.17) is 0 Å². The molecule has 0 saturated heterocycles. The first-order valence-electron chi connectivity index (χ1n) is 5.08. The lowest BCUT2D eigenvalue weighted by molar-refractivity contribution is 0.686. The van der Waals surface area contributed by atoms with Crippen LogP contribution < -0.4 is 10.6 Å². The van der Waals surface area contributed by atoms with Gasteiger partial charge in [-0.2, -0.15) is 5.10 Å². The highest BCUT2D eigenvalue weighted by atomic mass is 15.2. The second-order valence-corrected chi connectivity index (χ2v) is 3.24. The average Bonchev–Trinajstić information content (AvgIpc) is 2.21. The first kappa shape index (κ1) is 10.9. The molecular formula is C10H18N4. The van der Waals surface area contributed by atoms with Crippen molar-refractivity contribution < 1.29 is 0 Å². The molecule has 1 rings (SSSR count). The van der Waals surface area contributed by atoms with E-state index >= 15 is 0 Å². The summed E-state index contributed by atoms with van der Waals surface area (Å²) in [5, 5.41) is 14.5. The summed E-state index contributed by atoms with van der Waals surface area (Å²) in [6.07, 6.45) is 1.17. The Morgan fingerprint density at radius 3 is 2.64 bits per heavy atom. The molecule has 0 aliphatic heterocycles. The van der Waals surface area contributed by atoms with Crippen LogP contribution in [0.5, 0.6) is 0 Å². The van der Waals surface area contributed by atoms with Gasteiger partial charge in [-0.3, -0.25) is 0 Å². The number of anilines is 1. The van der Waals surface area contributed by atoms with Gasteiger partial charge in [-0.15, -0.1) is 5.10 Å². The molecule has 78 valence electrons. The van der Waals surface area contributed by atoms with Gasteiger partial charge in [-0.25, -0.2) is 0 Å². The van der Waals surface area contributed by atoms with Crippen molar-refractivity contribution in [2.75, 3.05) is 25.0 Å². The van der Waals surface area contributed by atoms with Crippen LogP contribution in [0.1, 0.15) is 19.0 Å². The fraction of sp³-hybridized carbons (Fsp3) is 0.600. The van der Waals surface area contributed by atoms with E-state index in [1.807, 2.05) is 19.1 Å². The molecule has 0 spiro atoms. The Hall–Kier alpha value is -1.16. The quantitative estimate of drug-likeness (QED) is 0.668. The lowest BCUT2D eigenvalue weighted by atomic mass is 10.4. The molecule has 1 aromatic rings. The second-order valence-electron chi connectivity index (χ2n) is 3.24. The fourth-order valence-corrected chi connectivity index (χ4v) is 1.07. The predicted octanol–water partition coefficient (Wildman–Crippen LogP) is 1.20. The summed E-state index contributed by atoms with van der Waals surface area (Å²) in [5.41, 5.74) is 0.944. The van der Waals surface area contributed by atoms with Gasteiger partial charge in [0, 0.05) is 13.1 Å². The van der Waals surface area contributed by atoms with Crippen LogP contribution in [0.4, 0.5) is 5.82 Å². The molecule has 0 bridgehead atoms. The van der Waals surface area contributed by atoms with Gasteiger partial charge in [0.2, 0.25) is 0 Å². The van der Waals surface area contributed by atoms with E-state index in [1.54, 1.807) is 0 Å². The van der Waals surface area contributed by atoms with Gasteiger partial charge in [0.05, 0.1) is 5.69 Å². The lowest BCUT2D eigenvalue weighted by Crippen LogP contribution is -2.23. The molecule has 1 aromatic heterocycles. The first-order valence-corrected chi connectivity index (χ1v) is 5.08. The topological polar surface area (TPSA) is 49.8 Å². The standard InChI is InChI=1S/C10H18N4/c1-3-6-11-7-8-12-10-5-4-9(2)13-14-10/h4-5,11H,3,6-8H2,1-2H3,(H,12,14). The van der Waals surface area contributed by atoms with Crippen LogP contribution in [-0.2, 0) is 0 Å². The molecule has 1 heterocycles. The van der Waals surface area contributed by atoms with Gasteiger partial charge in [-0.05, 0) is 32.0 Å². The molecule has 0 radical (unpaired) electrons. The van der Waals surface area contributed by atoms with E-state index in [-0.39, 0.29) is 0 Å². The van der Waals surface area contributed by atoms with Crippen molar-refractivity contribution in [2.24, 2.45) is 0 Å². The van der Waals surface area contributed by atoms with Gasteiger partial charge < -0.3 is 10.6 Å². The largest absolute Gasteiger partial charge is 0.367 e. The molecule has 0 aromatic carbocycles. The highest BCUT2D eigenvalue weighted by molar-refractivity contribution is 5.32. The van der Waals surface area contributed by atoms with Crippen LogP contribution in [0, 0.1) is 6.92 Å². The number of nitrogens with one attached hydrogen (secondary N) is 2. The average molecular weight is 194 g/mol. The molecule has 0 amide bonds. The maximum atomic E-state index is 4.01. The van der Waals surface area contributed by atoms with E-state index in [2.05, 4.69) is 27.8 Å². The third kappa shape index (κ3) is 4.18. The highest BCUT2D eigenvalue weighted by Crippen LogP contribution is 1.99. The third-order valence-corrected chi connectivity index (χ3v) is 1.83. The maximum absolute atomic E-state index is 4.01. The normalized spacial score (nSPS) is 10.1. The zero-order valence-corrected chi connectivity index (χ0v) is 8.88. The Morgan fingerprint density at radius 1 is 1.14 bits per heavy atom. The summed E-state index contributed by atoms with van der Waals surface area (Å²) in [6, 6.07) is 3.90. The number of rotatable bonds is 6. The van der Waals surface area contributed by atoms with E-state index in [9.17, 15) is 0 Å². The zero-order valence-electron chi connectivity index (χ0n) is 8.88. The van der Waals surface area contributed by atoms with Crippen molar-refractivity contribution in [1.82, 2.24) is 15.5 Å². The number of nitrogens with zero attached hydrogens (tertiary/aromatic N) is 2. The van der Waals surface area contributed by atoms with Gasteiger partial charge >= 0.3 is 0 Å². The van der Waals surface area contributed by atoms with Gasteiger partial charge in [-0.1, -0.05) is 6.92 Å². The predicted molar refractivity (Wildman–Crippen MR) is 58.4 cm³/mol. The van der Waals surface area contributed by atoms with Crippen molar-refractivity contribution in [2.45, 2.75) is 20.3 Å². The summed E-state index contributed by atoms with van der Waals surface area (Å²) < 4.78 is 0. The van der Waals surface area contributed by atoms with Crippen molar-refractivity contribution >= 4 is 5.82 Å². The number of hydrogen-bond acceptors (Lipinski definition) is 4. The number of hydrogen-bond donors (Lipinski definition) is 2. The van der Waals surface area contributed by atoms with Crippen LogP contribution in [0.25, 0.3) is 0 Å². The van der Waals surface area contributed by atoms with Gasteiger partial charge in [0.25, 0.3) is 0 Å². The SMILES string of the molecule is CCCNCCNc1ccc(C)nn1. The molecule has 0 saturated carbocycles. The van der Waals surface area contributed by atoms with E-state index in [0.29, 0.717) is 0 Å². The van der Waals surface area contributed by atoms with Gasteiger partial charge in [0.1, 0.15) is 5.82 Å². The van der Waals surface area contributed by atoms with Crippen molar-refractivity contribution in [3.8, 4) is 0 Å². The number of aryl methyl sites for hydroxylation is 1. The Morgan fingerprint density at radius 2 is 2.00 bits per heavy atom. The Labute approximate surface area is 85.1 Å². The second kappa shape index (κ2) is 6.32. The van der Waals surface area contributed by atoms with Crippen LogP contribution in [0.15, 0.2) is 12.1 Å². The van der Waals surface area contributed by atoms with E-state index in [0.717, 1.165) is 31.1 Å². The molecular weight excluding hydrogens is 176 g/mol. The smallest absolute Gasteiger partial charge is 0.148 e. The van der Waals surface area contributed by atoms with Crippen molar-refractivity contribution in [3.63, 3.8) is 0 Å². The summed E-state index contributed by atoms with van der Waals surface area (Å²) in [5.74, 6) is 0.842. The molecule has 0 atom stereocenters. The number of aromatic nitrogens is 2. The Balaban J connectivity index is 2.15. The third-order valence-electron chi connectivity index (χ3n) is 1.83. The first-order chi connectivity index (χ1) is 6.83.